The molecule has 92 valence electrons. The van der Waals surface area contributed by atoms with Gasteiger partial charge in [0, 0.05) is 12.6 Å². The molecule has 0 saturated carbocycles. The van der Waals surface area contributed by atoms with Gasteiger partial charge in [-0.25, -0.2) is 0 Å². The Morgan fingerprint density at radius 1 is 1.44 bits per heavy atom. The molecule has 0 radical (unpaired) electrons. The van der Waals surface area contributed by atoms with Crippen LogP contribution in [0, 0.1) is 6.92 Å². The van der Waals surface area contributed by atoms with Gasteiger partial charge in [0.15, 0.2) is 6.29 Å². The summed E-state index contributed by atoms with van der Waals surface area (Å²) in [6.07, 6.45) is 3.83. The maximum Gasteiger partial charge on any atom is 0.166 e. The number of aryl methyl sites for hydroxylation is 1. The monoisotopic (exact) mass is 241 g/mol. The zero-order chi connectivity index (χ0) is 12.5. The topological polar surface area (TPSA) is 31.2 Å². The Hall–Kier alpha value is -2.03. The third-order valence-corrected chi connectivity index (χ3v) is 3.34. The molecule has 0 fully saturated rings. The number of aldehydes is 1. The van der Waals surface area contributed by atoms with E-state index in [9.17, 15) is 4.79 Å². The molecule has 0 bridgehead atoms. The van der Waals surface area contributed by atoms with Crippen LogP contribution in [0.15, 0.2) is 36.5 Å². The highest BCUT2D eigenvalue weighted by Crippen LogP contribution is 2.30. The van der Waals surface area contributed by atoms with Crippen LogP contribution >= 0.6 is 0 Å². The van der Waals surface area contributed by atoms with Crippen LogP contribution in [0.5, 0.6) is 5.75 Å². The van der Waals surface area contributed by atoms with Gasteiger partial charge in [0.2, 0.25) is 0 Å². The molecule has 2 heterocycles. The lowest BCUT2D eigenvalue weighted by molar-refractivity contribution is 0.111. The van der Waals surface area contributed by atoms with Crippen LogP contribution in [0.3, 0.4) is 0 Å². The van der Waals surface area contributed by atoms with Gasteiger partial charge in [-0.3, -0.25) is 4.79 Å². The third-order valence-electron chi connectivity index (χ3n) is 3.34. The van der Waals surface area contributed by atoms with Crippen molar-refractivity contribution >= 4 is 6.29 Å². The van der Waals surface area contributed by atoms with Gasteiger partial charge < -0.3 is 9.30 Å². The Kier molecular flexibility index (Phi) is 2.67. The molecule has 3 nitrogen and oxygen atoms in total. The summed E-state index contributed by atoms with van der Waals surface area (Å²) in [7, 11) is 0. The SMILES string of the molecule is Cc1ccc2c(c1)CC(Cn1cccc1C=O)O2. The highest BCUT2D eigenvalue weighted by atomic mass is 16.5. The second-order valence-corrected chi connectivity index (χ2v) is 4.76. The standard InChI is InChI=1S/C15H15NO2/c1-11-4-5-15-12(7-11)8-14(18-15)9-16-6-2-3-13(16)10-17/h2-7,10,14H,8-9H2,1H3. The summed E-state index contributed by atoms with van der Waals surface area (Å²) < 4.78 is 7.84. The number of benzene rings is 1. The largest absolute Gasteiger partial charge is 0.488 e. The van der Waals surface area contributed by atoms with E-state index in [0.717, 1.165) is 25.0 Å². The minimum atomic E-state index is 0.118. The molecule has 0 spiro atoms. The number of ether oxygens (including phenoxy) is 1. The first-order valence-corrected chi connectivity index (χ1v) is 6.13. The molecule has 2 aromatic rings. The highest BCUT2D eigenvalue weighted by Gasteiger charge is 2.23. The lowest BCUT2D eigenvalue weighted by Crippen LogP contribution is -2.21. The van der Waals surface area contributed by atoms with Crippen molar-refractivity contribution in [1.82, 2.24) is 4.57 Å². The zero-order valence-corrected chi connectivity index (χ0v) is 10.3. The third kappa shape index (κ3) is 1.92. The van der Waals surface area contributed by atoms with Gasteiger partial charge in [-0.15, -0.1) is 0 Å². The molecular weight excluding hydrogens is 226 g/mol. The summed E-state index contributed by atoms with van der Waals surface area (Å²) in [5, 5.41) is 0. The fourth-order valence-corrected chi connectivity index (χ4v) is 2.47. The Bertz CT molecular complexity index is 586. The van der Waals surface area contributed by atoms with E-state index in [1.54, 1.807) is 0 Å². The van der Waals surface area contributed by atoms with Crippen LogP contribution in [-0.4, -0.2) is 17.0 Å². The van der Waals surface area contributed by atoms with Crippen LogP contribution in [0.4, 0.5) is 0 Å². The van der Waals surface area contributed by atoms with Gasteiger partial charge in [-0.2, -0.15) is 0 Å². The van der Waals surface area contributed by atoms with E-state index in [0.29, 0.717) is 5.69 Å². The molecule has 0 aliphatic carbocycles. The van der Waals surface area contributed by atoms with Gasteiger partial charge in [0.1, 0.15) is 11.9 Å². The average molecular weight is 241 g/mol. The van der Waals surface area contributed by atoms with Crippen molar-refractivity contribution in [3.63, 3.8) is 0 Å². The van der Waals surface area contributed by atoms with E-state index in [-0.39, 0.29) is 6.10 Å². The Labute approximate surface area is 106 Å². The smallest absolute Gasteiger partial charge is 0.166 e. The summed E-state index contributed by atoms with van der Waals surface area (Å²) in [6, 6.07) is 9.97. The molecule has 1 aliphatic rings. The second kappa shape index (κ2) is 4.33. The van der Waals surface area contributed by atoms with Crippen molar-refractivity contribution in [1.29, 1.82) is 0 Å². The van der Waals surface area contributed by atoms with Gasteiger partial charge in [0.25, 0.3) is 0 Å². The van der Waals surface area contributed by atoms with E-state index in [4.69, 9.17) is 4.74 Å². The fraction of sp³-hybridized carbons (Fsp3) is 0.267. The molecule has 1 atom stereocenters. The maximum atomic E-state index is 10.9. The molecule has 3 rings (SSSR count). The van der Waals surface area contributed by atoms with Crippen LogP contribution in [0.1, 0.15) is 21.6 Å². The zero-order valence-electron chi connectivity index (χ0n) is 10.3. The van der Waals surface area contributed by atoms with Gasteiger partial charge >= 0.3 is 0 Å². The van der Waals surface area contributed by atoms with E-state index >= 15 is 0 Å². The normalized spacial score (nSPS) is 17.3. The molecule has 3 heteroatoms. The minimum absolute atomic E-state index is 0.118. The predicted octanol–water partition coefficient (Wildman–Crippen LogP) is 2.61. The first-order valence-electron chi connectivity index (χ1n) is 6.13. The van der Waals surface area contributed by atoms with E-state index in [1.165, 1.54) is 11.1 Å². The lowest BCUT2D eigenvalue weighted by Gasteiger charge is -2.12. The number of rotatable bonds is 3. The van der Waals surface area contributed by atoms with E-state index in [1.807, 2.05) is 29.0 Å². The summed E-state index contributed by atoms with van der Waals surface area (Å²) >= 11 is 0. The molecular formula is C15H15NO2. The Morgan fingerprint density at radius 3 is 3.17 bits per heavy atom. The highest BCUT2D eigenvalue weighted by molar-refractivity contribution is 5.72. The molecule has 0 amide bonds. The first kappa shape index (κ1) is 11.1. The van der Waals surface area contributed by atoms with Crippen LogP contribution in [0.2, 0.25) is 0 Å². The van der Waals surface area contributed by atoms with Crippen LogP contribution in [-0.2, 0) is 13.0 Å². The molecule has 0 saturated heterocycles. The van der Waals surface area contributed by atoms with Crippen molar-refractivity contribution in [3.8, 4) is 5.75 Å². The van der Waals surface area contributed by atoms with Gasteiger partial charge in [-0.1, -0.05) is 17.7 Å². The predicted molar refractivity (Wildman–Crippen MR) is 69.1 cm³/mol. The van der Waals surface area contributed by atoms with E-state index in [2.05, 4.69) is 19.1 Å². The summed E-state index contributed by atoms with van der Waals surface area (Å²) in [5.74, 6) is 0.977. The molecule has 1 aromatic carbocycles. The number of aromatic nitrogens is 1. The average Bonchev–Trinajstić information content (AvgIpc) is 2.94. The number of hydrogen-bond acceptors (Lipinski definition) is 2. The summed E-state index contributed by atoms with van der Waals surface area (Å²) in [5.41, 5.74) is 3.22. The number of hydrogen-bond donors (Lipinski definition) is 0. The number of nitrogens with zero attached hydrogens (tertiary/aromatic N) is 1. The van der Waals surface area contributed by atoms with Crippen molar-refractivity contribution in [2.75, 3.05) is 0 Å². The number of carbonyl (C=O) groups excluding carboxylic acids is 1. The molecule has 1 aromatic heterocycles. The van der Waals surface area contributed by atoms with Crippen molar-refractivity contribution in [3.05, 3.63) is 53.3 Å². The Morgan fingerprint density at radius 2 is 2.33 bits per heavy atom. The molecule has 1 aliphatic heterocycles. The van der Waals surface area contributed by atoms with Crippen molar-refractivity contribution < 1.29 is 9.53 Å². The number of fused-ring (bicyclic) bond motifs is 1. The second-order valence-electron chi connectivity index (χ2n) is 4.76. The lowest BCUT2D eigenvalue weighted by atomic mass is 10.1. The molecule has 1 unspecified atom stereocenters. The van der Waals surface area contributed by atoms with Crippen LogP contribution in [0.25, 0.3) is 0 Å². The van der Waals surface area contributed by atoms with Crippen molar-refractivity contribution in [2.45, 2.75) is 26.0 Å². The van der Waals surface area contributed by atoms with Gasteiger partial charge in [-0.05, 0) is 30.7 Å². The Balaban J connectivity index is 1.76. The quantitative estimate of drug-likeness (QED) is 0.773. The first-order chi connectivity index (χ1) is 8.76. The van der Waals surface area contributed by atoms with Gasteiger partial charge in [0.05, 0.1) is 12.2 Å². The fourth-order valence-electron chi connectivity index (χ4n) is 2.47. The molecule has 18 heavy (non-hydrogen) atoms. The number of carbonyl (C=O) groups is 1. The van der Waals surface area contributed by atoms with Crippen LogP contribution < -0.4 is 4.74 Å². The van der Waals surface area contributed by atoms with Crippen molar-refractivity contribution in [2.24, 2.45) is 0 Å². The maximum absolute atomic E-state index is 10.9. The summed E-state index contributed by atoms with van der Waals surface area (Å²) in [4.78, 5) is 10.9. The summed E-state index contributed by atoms with van der Waals surface area (Å²) in [6.45, 7) is 2.80. The van der Waals surface area contributed by atoms with E-state index < -0.39 is 0 Å². The molecule has 0 N–H and O–H groups in total. The minimum Gasteiger partial charge on any atom is -0.488 e.